The number of nitrogens with one attached hydrogen (secondary N) is 1. The van der Waals surface area contributed by atoms with Crippen LogP contribution in [0.5, 0.6) is 11.5 Å². The Morgan fingerprint density at radius 2 is 1.85 bits per heavy atom. The number of methoxy groups -OCH3 is 1. The van der Waals surface area contributed by atoms with Crippen molar-refractivity contribution in [2.75, 3.05) is 32.2 Å². The molecule has 3 rings (SSSR count). The first kappa shape index (κ1) is 18.2. The SMILES string of the molecule is COC(=O)c1ccc(C=NOCC(=O)Nc2ccc3c(c2)OCCO3)cc1. The van der Waals surface area contributed by atoms with E-state index in [-0.39, 0.29) is 12.5 Å². The van der Waals surface area contributed by atoms with Crippen molar-refractivity contribution in [1.82, 2.24) is 0 Å². The van der Waals surface area contributed by atoms with E-state index in [4.69, 9.17) is 14.3 Å². The second-order valence-electron chi connectivity index (χ2n) is 5.53. The molecule has 0 saturated carbocycles. The highest BCUT2D eigenvalue weighted by Crippen LogP contribution is 2.32. The zero-order valence-corrected chi connectivity index (χ0v) is 14.6. The molecule has 1 aliphatic heterocycles. The molecule has 1 aliphatic rings. The molecule has 8 nitrogen and oxygen atoms in total. The maximum atomic E-state index is 11.9. The van der Waals surface area contributed by atoms with E-state index in [0.717, 1.165) is 5.56 Å². The van der Waals surface area contributed by atoms with Gasteiger partial charge in [-0.05, 0) is 29.8 Å². The van der Waals surface area contributed by atoms with Crippen molar-refractivity contribution < 1.29 is 28.6 Å². The number of hydrogen-bond acceptors (Lipinski definition) is 7. The number of anilines is 1. The molecule has 0 bridgehead atoms. The summed E-state index contributed by atoms with van der Waals surface area (Å²) in [6.07, 6.45) is 1.44. The van der Waals surface area contributed by atoms with E-state index in [9.17, 15) is 9.59 Å². The summed E-state index contributed by atoms with van der Waals surface area (Å²) in [4.78, 5) is 28.3. The third-order valence-electron chi connectivity index (χ3n) is 3.63. The Balaban J connectivity index is 1.46. The van der Waals surface area contributed by atoms with Crippen LogP contribution in [0.25, 0.3) is 0 Å². The van der Waals surface area contributed by atoms with Crippen LogP contribution in [0.15, 0.2) is 47.6 Å². The quantitative estimate of drug-likeness (QED) is 0.476. The Bertz CT molecular complexity index is 848. The Morgan fingerprint density at radius 3 is 2.59 bits per heavy atom. The minimum absolute atomic E-state index is 0.245. The first-order valence-electron chi connectivity index (χ1n) is 8.19. The summed E-state index contributed by atoms with van der Waals surface area (Å²) in [5.74, 6) is 0.474. The first-order chi connectivity index (χ1) is 13.2. The summed E-state index contributed by atoms with van der Waals surface area (Å²) in [6.45, 7) is 0.740. The molecule has 0 aliphatic carbocycles. The number of nitrogens with zero attached hydrogens (tertiary/aromatic N) is 1. The number of hydrogen-bond donors (Lipinski definition) is 1. The van der Waals surface area contributed by atoms with Crippen LogP contribution in [0, 0.1) is 0 Å². The second kappa shape index (κ2) is 8.70. The van der Waals surface area contributed by atoms with Crippen LogP contribution in [0.2, 0.25) is 0 Å². The zero-order chi connectivity index (χ0) is 19.1. The molecule has 0 atom stereocenters. The molecule has 2 aromatic rings. The van der Waals surface area contributed by atoms with Gasteiger partial charge in [-0.1, -0.05) is 17.3 Å². The van der Waals surface area contributed by atoms with Gasteiger partial charge in [0.25, 0.3) is 5.91 Å². The van der Waals surface area contributed by atoms with E-state index in [0.29, 0.717) is 36.0 Å². The lowest BCUT2D eigenvalue weighted by Crippen LogP contribution is -2.18. The van der Waals surface area contributed by atoms with Gasteiger partial charge in [0.05, 0.1) is 18.9 Å². The number of esters is 1. The molecule has 0 fully saturated rings. The highest BCUT2D eigenvalue weighted by atomic mass is 16.6. The summed E-state index contributed by atoms with van der Waals surface area (Å²) in [5, 5.41) is 6.43. The van der Waals surface area contributed by atoms with E-state index in [1.54, 1.807) is 42.5 Å². The molecule has 0 saturated heterocycles. The molecule has 0 radical (unpaired) electrons. The van der Waals surface area contributed by atoms with Crippen molar-refractivity contribution in [1.29, 1.82) is 0 Å². The average molecular weight is 370 g/mol. The number of carbonyl (C=O) groups excluding carboxylic acids is 2. The fraction of sp³-hybridized carbons (Fsp3) is 0.211. The van der Waals surface area contributed by atoms with Crippen LogP contribution in [-0.2, 0) is 14.4 Å². The number of amides is 1. The molecule has 2 aromatic carbocycles. The number of fused-ring (bicyclic) bond motifs is 1. The lowest BCUT2D eigenvalue weighted by atomic mass is 10.1. The molecule has 1 heterocycles. The third kappa shape index (κ3) is 4.97. The van der Waals surface area contributed by atoms with Crippen LogP contribution in [0.1, 0.15) is 15.9 Å². The molecule has 1 amide bonds. The molecule has 1 N–H and O–H groups in total. The van der Waals surface area contributed by atoms with E-state index in [1.807, 2.05) is 0 Å². The Labute approximate surface area is 155 Å². The van der Waals surface area contributed by atoms with Crippen molar-refractivity contribution in [2.45, 2.75) is 0 Å². The summed E-state index contributed by atoms with van der Waals surface area (Å²) in [5.41, 5.74) is 1.74. The lowest BCUT2D eigenvalue weighted by Gasteiger charge is -2.18. The van der Waals surface area contributed by atoms with Crippen LogP contribution in [-0.4, -0.2) is 45.0 Å². The highest BCUT2D eigenvalue weighted by molar-refractivity contribution is 5.92. The van der Waals surface area contributed by atoms with Crippen molar-refractivity contribution in [3.05, 3.63) is 53.6 Å². The molecular weight excluding hydrogens is 352 g/mol. The van der Waals surface area contributed by atoms with Gasteiger partial charge in [-0.2, -0.15) is 0 Å². The smallest absolute Gasteiger partial charge is 0.337 e. The van der Waals surface area contributed by atoms with Gasteiger partial charge in [0, 0.05) is 11.8 Å². The van der Waals surface area contributed by atoms with E-state index < -0.39 is 5.97 Å². The van der Waals surface area contributed by atoms with Gasteiger partial charge < -0.3 is 24.4 Å². The number of carbonyl (C=O) groups is 2. The van der Waals surface area contributed by atoms with Crippen molar-refractivity contribution >= 4 is 23.8 Å². The monoisotopic (exact) mass is 370 g/mol. The molecular formula is C19H18N2O6. The average Bonchev–Trinajstić information content (AvgIpc) is 2.71. The zero-order valence-electron chi connectivity index (χ0n) is 14.6. The Hall–Kier alpha value is -3.55. The van der Waals surface area contributed by atoms with Crippen LogP contribution in [0.3, 0.4) is 0 Å². The van der Waals surface area contributed by atoms with Crippen molar-refractivity contribution in [2.24, 2.45) is 5.16 Å². The number of rotatable bonds is 6. The lowest BCUT2D eigenvalue weighted by molar-refractivity contribution is -0.120. The Morgan fingerprint density at radius 1 is 1.11 bits per heavy atom. The van der Waals surface area contributed by atoms with Gasteiger partial charge >= 0.3 is 5.97 Å². The van der Waals surface area contributed by atoms with Gasteiger partial charge in [0.15, 0.2) is 18.1 Å². The topological polar surface area (TPSA) is 95.5 Å². The summed E-state index contributed by atoms with van der Waals surface area (Å²) >= 11 is 0. The van der Waals surface area contributed by atoms with Gasteiger partial charge in [-0.25, -0.2) is 4.79 Å². The number of benzene rings is 2. The largest absolute Gasteiger partial charge is 0.486 e. The molecule has 8 heteroatoms. The van der Waals surface area contributed by atoms with Crippen molar-refractivity contribution in [3.8, 4) is 11.5 Å². The van der Waals surface area contributed by atoms with Crippen molar-refractivity contribution in [3.63, 3.8) is 0 Å². The maximum Gasteiger partial charge on any atom is 0.337 e. The molecule has 0 aromatic heterocycles. The van der Waals surface area contributed by atoms with Gasteiger partial charge in [0.1, 0.15) is 13.2 Å². The first-order valence-corrected chi connectivity index (χ1v) is 8.19. The second-order valence-corrected chi connectivity index (χ2v) is 5.53. The van der Waals surface area contributed by atoms with Gasteiger partial charge in [-0.15, -0.1) is 0 Å². The molecule has 27 heavy (non-hydrogen) atoms. The normalized spacial score (nSPS) is 12.5. The maximum absolute atomic E-state index is 11.9. The van der Waals surface area contributed by atoms with Crippen LogP contribution < -0.4 is 14.8 Å². The minimum atomic E-state index is -0.412. The predicted octanol–water partition coefficient (Wildman–Crippen LogP) is 2.23. The van der Waals surface area contributed by atoms with E-state index in [1.165, 1.54) is 13.3 Å². The standard InChI is InChI=1S/C19H18N2O6/c1-24-19(23)14-4-2-13(3-5-14)11-20-27-12-18(22)21-15-6-7-16-17(10-15)26-9-8-25-16/h2-7,10-11H,8-9,12H2,1H3,(H,21,22). The summed E-state index contributed by atoms with van der Waals surface area (Å²) < 4.78 is 15.5. The van der Waals surface area contributed by atoms with E-state index >= 15 is 0 Å². The van der Waals surface area contributed by atoms with Crippen LogP contribution >= 0.6 is 0 Å². The predicted molar refractivity (Wildman–Crippen MR) is 97.4 cm³/mol. The van der Waals surface area contributed by atoms with Crippen LogP contribution in [0.4, 0.5) is 5.69 Å². The van der Waals surface area contributed by atoms with Gasteiger partial charge in [0.2, 0.25) is 0 Å². The third-order valence-corrected chi connectivity index (χ3v) is 3.63. The number of oxime groups is 1. The Kier molecular flexibility index (Phi) is 5.88. The molecule has 0 spiro atoms. The molecule has 140 valence electrons. The summed E-state index contributed by atoms with van der Waals surface area (Å²) in [7, 11) is 1.32. The summed E-state index contributed by atoms with van der Waals surface area (Å²) in [6, 6.07) is 11.8. The van der Waals surface area contributed by atoms with Gasteiger partial charge in [-0.3, -0.25) is 4.79 Å². The number of ether oxygens (including phenoxy) is 3. The fourth-order valence-corrected chi connectivity index (χ4v) is 2.34. The molecule has 0 unspecified atom stereocenters. The highest BCUT2D eigenvalue weighted by Gasteiger charge is 2.12. The minimum Gasteiger partial charge on any atom is -0.486 e. The fourth-order valence-electron chi connectivity index (χ4n) is 2.34. The van der Waals surface area contributed by atoms with E-state index in [2.05, 4.69) is 15.2 Å².